The molecule has 0 amide bonds. The number of rotatable bonds is 4. The maximum absolute atomic E-state index is 11.0. The van der Waals surface area contributed by atoms with Crippen LogP contribution in [0.3, 0.4) is 0 Å². The van der Waals surface area contributed by atoms with Crippen LogP contribution in [0, 0.1) is 5.92 Å². The molecule has 1 atom stereocenters. The highest BCUT2D eigenvalue weighted by Crippen LogP contribution is 2.29. The fraction of sp³-hybridized carbons (Fsp3) is 0.412. The Balaban J connectivity index is 1.84. The van der Waals surface area contributed by atoms with Gasteiger partial charge in [-0.1, -0.05) is 31.2 Å². The molecule has 5 heteroatoms. The summed E-state index contributed by atoms with van der Waals surface area (Å²) in [5, 5.41) is 11.4. The molecule has 116 valence electrons. The monoisotopic (exact) mass is 316 g/mol. The summed E-state index contributed by atoms with van der Waals surface area (Å²) in [6.07, 6.45) is 2.57. The molecule has 1 unspecified atom stereocenters. The van der Waals surface area contributed by atoms with Crippen molar-refractivity contribution in [3.8, 4) is 10.6 Å². The van der Waals surface area contributed by atoms with Crippen molar-refractivity contribution in [1.29, 1.82) is 0 Å². The second kappa shape index (κ2) is 6.58. The molecule has 1 aromatic carbocycles. The smallest absolute Gasteiger partial charge is 0.355 e. The molecule has 1 saturated heterocycles. The van der Waals surface area contributed by atoms with Crippen LogP contribution in [0.25, 0.3) is 10.6 Å². The third kappa shape index (κ3) is 3.36. The fourth-order valence-corrected chi connectivity index (χ4v) is 3.89. The van der Waals surface area contributed by atoms with E-state index in [-0.39, 0.29) is 5.69 Å². The maximum Gasteiger partial charge on any atom is 0.355 e. The molecule has 22 heavy (non-hydrogen) atoms. The predicted molar refractivity (Wildman–Crippen MR) is 88.2 cm³/mol. The highest BCUT2D eigenvalue weighted by molar-refractivity contribution is 7.13. The Morgan fingerprint density at radius 1 is 1.45 bits per heavy atom. The molecular formula is C17H20N2O2S. The zero-order chi connectivity index (χ0) is 15.5. The van der Waals surface area contributed by atoms with E-state index < -0.39 is 5.97 Å². The summed E-state index contributed by atoms with van der Waals surface area (Å²) in [7, 11) is 0. The molecule has 1 N–H and O–H groups in total. The van der Waals surface area contributed by atoms with E-state index in [0.717, 1.165) is 36.1 Å². The zero-order valence-corrected chi connectivity index (χ0v) is 13.5. The number of thiazole rings is 1. The van der Waals surface area contributed by atoms with Crippen LogP contribution in [0.4, 0.5) is 0 Å². The van der Waals surface area contributed by atoms with Crippen molar-refractivity contribution >= 4 is 17.3 Å². The number of carbonyl (C=O) groups is 1. The van der Waals surface area contributed by atoms with Crippen LogP contribution in [-0.2, 0) is 6.54 Å². The van der Waals surface area contributed by atoms with Crippen molar-refractivity contribution < 1.29 is 9.90 Å². The van der Waals surface area contributed by atoms with Gasteiger partial charge in [-0.15, -0.1) is 11.3 Å². The fourth-order valence-electron chi connectivity index (χ4n) is 3.03. The van der Waals surface area contributed by atoms with E-state index >= 15 is 0 Å². The molecule has 0 saturated carbocycles. The van der Waals surface area contributed by atoms with Gasteiger partial charge in [-0.05, 0) is 30.9 Å². The van der Waals surface area contributed by atoms with Gasteiger partial charge in [-0.3, -0.25) is 4.90 Å². The van der Waals surface area contributed by atoms with E-state index in [2.05, 4.69) is 22.9 Å². The predicted octanol–water partition coefficient (Wildman–Crippen LogP) is 3.74. The molecule has 0 radical (unpaired) electrons. The van der Waals surface area contributed by atoms with Crippen LogP contribution in [0.2, 0.25) is 0 Å². The van der Waals surface area contributed by atoms with Crippen molar-refractivity contribution in [3.63, 3.8) is 0 Å². The summed E-state index contributed by atoms with van der Waals surface area (Å²) >= 11 is 1.40. The number of aromatic nitrogens is 1. The molecule has 0 spiro atoms. The molecule has 1 aliphatic heterocycles. The Kier molecular flexibility index (Phi) is 4.55. The average molecular weight is 316 g/mol. The number of hydrogen-bond acceptors (Lipinski definition) is 4. The van der Waals surface area contributed by atoms with Gasteiger partial charge in [0.2, 0.25) is 0 Å². The van der Waals surface area contributed by atoms with Crippen LogP contribution >= 0.6 is 11.3 Å². The number of benzene rings is 1. The second-order valence-corrected chi connectivity index (χ2v) is 6.84. The number of carboxylic acids is 1. The van der Waals surface area contributed by atoms with E-state index in [1.165, 1.54) is 29.7 Å². The van der Waals surface area contributed by atoms with Gasteiger partial charge in [0.15, 0.2) is 5.69 Å². The lowest BCUT2D eigenvalue weighted by molar-refractivity contribution is 0.0691. The van der Waals surface area contributed by atoms with Crippen LogP contribution in [0.1, 0.15) is 35.8 Å². The summed E-state index contributed by atoms with van der Waals surface area (Å²) in [6.45, 7) is 5.48. The van der Waals surface area contributed by atoms with E-state index in [1.807, 2.05) is 18.2 Å². The summed E-state index contributed by atoms with van der Waals surface area (Å²) in [4.78, 5) is 17.8. The van der Waals surface area contributed by atoms with E-state index in [0.29, 0.717) is 0 Å². The quantitative estimate of drug-likeness (QED) is 0.933. The number of likely N-dealkylation sites (tertiary alicyclic amines) is 1. The molecule has 0 bridgehead atoms. The van der Waals surface area contributed by atoms with E-state index in [1.54, 1.807) is 5.38 Å². The first-order valence-corrected chi connectivity index (χ1v) is 8.51. The normalized spacial score (nSPS) is 19.2. The molecule has 1 fully saturated rings. The highest BCUT2D eigenvalue weighted by atomic mass is 32.1. The Hall–Kier alpha value is -1.72. The molecule has 3 rings (SSSR count). The average Bonchev–Trinajstić information content (AvgIpc) is 2.98. The Labute approximate surface area is 134 Å². The Morgan fingerprint density at radius 3 is 3.00 bits per heavy atom. The number of carboxylic acid groups (broad SMARTS) is 1. The van der Waals surface area contributed by atoms with Gasteiger partial charge in [0.25, 0.3) is 0 Å². The van der Waals surface area contributed by atoms with E-state index in [4.69, 9.17) is 5.11 Å². The maximum atomic E-state index is 11.0. The van der Waals surface area contributed by atoms with Crippen LogP contribution < -0.4 is 0 Å². The first-order valence-electron chi connectivity index (χ1n) is 7.63. The van der Waals surface area contributed by atoms with Gasteiger partial charge >= 0.3 is 5.97 Å². The van der Waals surface area contributed by atoms with Crippen molar-refractivity contribution in [2.45, 2.75) is 26.3 Å². The largest absolute Gasteiger partial charge is 0.476 e. The van der Waals surface area contributed by atoms with Crippen LogP contribution in [0.5, 0.6) is 0 Å². The third-order valence-corrected chi connectivity index (χ3v) is 4.98. The van der Waals surface area contributed by atoms with E-state index in [9.17, 15) is 4.79 Å². The Bertz CT molecular complexity index is 668. The molecule has 1 aliphatic rings. The number of hydrogen-bond donors (Lipinski definition) is 1. The van der Waals surface area contributed by atoms with Gasteiger partial charge < -0.3 is 5.11 Å². The minimum atomic E-state index is -0.968. The first-order chi connectivity index (χ1) is 10.6. The van der Waals surface area contributed by atoms with Crippen LogP contribution in [-0.4, -0.2) is 34.0 Å². The standard InChI is InChI=1S/C17H20N2O2S/c1-12-5-4-8-19(9-12)10-13-6-2-3-7-14(13)16-18-15(11-22-16)17(20)21/h2-3,6-7,11-12H,4-5,8-10H2,1H3,(H,20,21). The second-order valence-electron chi connectivity index (χ2n) is 5.98. The van der Waals surface area contributed by atoms with Gasteiger partial charge in [-0.25, -0.2) is 9.78 Å². The van der Waals surface area contributed by atoms with Crippen molar-refractivity contribution in [2.75, 3.05) is 13.1 Å². The zero-order valence-electron chi connectivity index (χ0n) is 12.7. The van der Waals surface area contributed by atoms with Crippen molar-refractivity contribution in [2.24, 2.45) is 5.92 Å². The lowest BCUT2D eigenvalue weighted by Gasteiger charge is -2.31. The molecule has 1 aromatic heterocycles. The molecular weight excluding hydrogens is 296 g/mol. The third-order valence-electron chi connectivity index (χ3n) is 4.11. The molecule has 2 aromatic rings. The summed E-state index contributed by atoms with van der Waals surface area (Å²) < 4.78 is 0. The lowest BCUT2D eigenvalue weighted by Crippen LogP contribution is -2.33. The van der Waals surface area contributed by atoms with Crippen molar-refractivity contribution in [3.05, 3.63) is 40.9 Å². The topological polar surface area (TPSA) is 53.4 Å². The minimum absolute atomic E-state index is 0.126. The summed E-state index contributed by atoms with van der Waals surface area (Å²) in [5.74, 6) is -0.218. The minimum Gasteiger partial charge on any atom is -0.476 e. The van der Waals surface area contributed by atoms with Gasteiger partial charge in [0.1, 0.15) is 5.01 Å². The summed E-state index contributed by atoms with van der Waals surface area (Å²) in [5.41, 5.74) is 2.41. The van der Waals surface area contributed by atoms with Gasteiger partial charge in [0, 0.05) is 24.0 Å². The Morgan fingerprint density at radius 2 is 2.27 bits per heavy atom. The van der Waals surface area contributed by atoms with Gasteiger partial charge in [0.05, 0.1) is 0 Å². The number of nitrogens with zero attached hydrogens (tertiary/aromatic N) is 2. The summed E-state index contributed by atoms with van der Waals surface area (Å²) in [6, 6.07) is 8.18. The first kappa shape index (κ1) is 15.2. The highest BCUT2D eigenvalue weighted by Gasteiger charge is 2.18. The SMILES string of the molecule is CC1CCCN(Cc2ccccc2-c2nc(C(=O)O)cs2)C1. The van der Waals surface area contributed by atoms with Gasteiger partial charge in [-0.2, -0.15) is 0 Å². The molecule has 2 heterocycles. The van der Waals surface area contributed by atoms with Crippen molar-refractivity contribution in [1.82, 2.24) is 9.88 Å². The number of piperidine rings is 1. The molecule has 4 nitrogen and oxygen atoms in total. The van der Waals surface area contributed by atoms with Crippen LogP contribution in [0.15, 0.2) is 29.6 Å². The lowest BCUT2D eigenvalue weighted by atomic mass is 9.99. The molecule has 0 aliphatic carbocycles. The number of aromatic carboxylic acids is 1.